The molecule has 1 fully saturated rings. The fourth-order valence-electron chi connectivity index (χ4n) is 3.35. The summed E-state index contributed by atoms with van der Waals surface area (Å²) in [6.45, 7) is 10.1. The number of piperidine rings is 1. The predicted octanol–water partition coefficient (Wildman–Crippen LogP) is 2.26. The lowest BCUT2D eigenvalue weighted by Crippen LogP contribution is -2.43. The number of hydrogen-bond acceptors (Lipinski definition) is 3. The number of fused-ring (bicyclic) bond motifs is 1. The number of pyridine rings is 1. The second-order valence-corrected chi connectivity index (χ2v) is 7.59. The molecule has 1 saturated heterocycles. The zero-order chi connectivity index (χ0) is 15.7. The molecule has 1 aromatic rings. The van der Waals surface area contributed by atoms with E-state index in [2.05, 4.69) is 38.2 Å². The van der Waals surface area contributed by atoms with E-state index in [0.717, 1.165) is 51.1 Å². The van der Waals surface area contributed by atoms with E-state index >= 15 is 0 Å². The average Bonchev–Trinajstić information content (AvgIpc) is 2.53. The van der Waals surface area contributed by atoms with Crippen LogP contribution in [0.3, 0.4) is 0 Å². The molecule has 0 aliphatic carbocycles. The molecule has 0 saturated carbocycles. The Labute approximate surface area is 133 Å². The van der Waals surface area contributed by atoms with Crippen LogP contribution in [0.15, 0.2) is 12.1 Å². The third kappa shape index (κ3) is 3.17. The smallest absolute Gasteiger partial charge is 0.226 e. The van der Waals surface area contributed by atoms with E-state index in [1.807, 2.05) is 4.90 Å². The van der Waals surface area contributed by atoms with Crippen LogP contribution >= 0.6 is 0 Å². The maximum atomic E-state index is 12.7. The van der Waals surface area contributed by atoms with Gasteiger partial charge in [-0.25, -0.2) is 0 Å². The summed E-state index contributed by atoms with van der Waals surface area (Å²) in [5.74, 6) is 0.552. The molecule has 2 aliphatic heterocycles. The summed E-state index contributed by atoms with van der Waals surface area (Å²) in [5.41, 5.74) is 3.63. The van der Waals surface area contributed by atoms with Gasteiger partial charge in [0.1, 0.15) is 0 Å². The molecule has 0 spiro atoms. The fraction of sp³-hybridized carbons (Fsp3) is 0.667. The van der Waals surface area contributed by atoms with Crippen LogP contribution in [0, 0.1) is 5.92 Å². The second kappa shape index (κ2) is 5.99. The highest BCUT2D eigenvalue weighted by atomic mass is 16.2. The molecule has 120 valence electrons. The molecule has 22 heavy (non-hydrogen) atoms. The number of rotatable bonds is 1. The van der Waals surface area contributed by atoms with Gasteiger partial charge >= 0.3 is 0 Å². The Morgan fingerprint density at radius 2 is 2.00 bits per heavy atom. The first-order chi connectivity index (χ1) is 10.4. The summed E-state index contributed by atoms with van der Waals surface area (Å²) in [4.78, 5) is 19.5. The van der Waals surface area contributed by atoms with Crippen molar-refractivity contribution in [2.45, 2.75) is 52.0 Å². The Morgan fingerprint density at radius 1 is 1.27 bits per heavy atom. The molecule has 0 atom stereocenters. The Morgan fingerprint density at radius 3 is 2.68 bits per heavy atom. The van der Waals surface area contributed by atoms with Crippen LogP contribution in [0.5, 0.6) is 0 Å². The average molecular weight is 301 g/mol. The highest BCUT2D eigenvalue weighted by Gasteiger charge is 2.29. The van der Waals surface area contributed by atoms with Crippen molar-refractivity contribution >= 4 is 5.91 Å². The SMILES string of the molecule is CC(C)(C)c1ccc2c(n1)CCN(C(=O)C1CCNCC1)C2. The van der Waals surface area contributed by atoms with Crippen molar-refractivity contribution in [1.29, 1.82) is 0 Å². The van der Waals surface area contributed by atoms with Crippen molar-refractivity contribution in [2.75, 3.05) is 19.6 Å². The molecule has 0 radical (unpaired) electrons. The van der Waals surface area contributed by atoms with E-state index in [9.17, 15) is 4.79 Å². The number of aromatic nitrogens is 1. The quantitative estimate of drug-likeness (QED) is 0.865. The Bertz CT molecular complexity index is 556. The van der Waals surface area contributed by atoms with Crippen LogP contribution in [0.25, 0.3) is 0 Å². The van der Waals surface area contributed by atoms with Gasteiger partial charge in [-0.1, -0.05) is 26.8 Å². The van der Waals surface area contributed by atoms with E-state index < -0.39 is 0 Å². The van der Waals surface area contributed by atoms with Crippen molar-refractivity contribution in [3.8, 4) is 0 Å². The molecule has 0 aromatic carbocycles. The minimum absolute atomic E-state index is 0.0804. The number of carbonyl (C=O) groups excluding carboxylic acids is 1. The van der Waals surface area contributed by atoms with E-state index in [1.54, 1.807) is 0 Å². The van der Waals surface area contributed by atoms with Gasteiger partial charge in [0.05, 0.1) is 0 Å². The van der Waals surface area contributed by atoms with Crippen molar-refractivity contribution in [1.82, 2.24) is 15.2 Å². The van der Waals surface area contributed by atoms with Gasteiger partial charge in [0, 0.05) is 42.2 Å². The summed E-state index contributed by atoms with van der Waals surface area (Å²) in [6.07, 6.45) is 2.84. The maximum Gasteiger partial charge on any atom is 0.226 e. The summed E-state index contributed by atoms with van der Waals surface area (Å²) >= 11 is 0. The van der Waals surface area contributed by atoms with Crippen LogP contribution in [0.1, 0.15) is 50.6 Å². The minimum atomic E-state index is 0.0804. The molecule has 1 amide bonds. The first-order valence-corrected chi connectivity index (χ1v) is 8.44. The Balaban J connectivity index is 1.72. The van der Waals surface area contributed by atoms with Crippen molar-refractivity contribution < 1.29 is 4.79 Å². The lowest BCUT2D eigenvalue weighted by molar-refractivity contribution is -0.137. The van der Waals surface area contributed by atoms with Crippen LogP contribution in [-0.4, -0.2) is 35.4 Å². The normalized spacial score (nSPS) is 19.9. The van der Waals surface area contributed by atoms with E-state index in [0.29, 0.717) is 5.91 Å². The van der Waals surface area contributed by atoms with Crippen LogP contribution < -0.4 is 5.32 Å². The topological polar surface area (TPSA) is 45.2 Å². The Kier molecular flexibility index (Phi) is 4.22. The zero-order valence-electron chi connectivity index (χ0n) is 14.0. The zero-order valence-corrected chi connectivity index (χ0v) is 14.0. The summed E-state index contributed by atoms with van der Waals surface area (Å²) in [7, 11) is 0. The first-order valence-electron chi connectivity index (χ1n) is 8.44. The molecule has 2 aliphatic rings. The molecule has 3 rings (SSSR count). The molecule has 3 heterocycles. The largest absolute Gasteiger partial charge is 0.338 e. The van der Waals surface area contributed by atoms with Gasteiger partial charge in [-0.05, 0) is 37.6 Å². The monoisotopic (exact) mass is 301 g/mol. The van der Waals surface area contributed by atoms with Crippen molar-refractivity contribution in [3.63, 3.8) is 0 Å². The molecular weight excluding hydrogens is 274 g/mol. The molecule has 1 N–H and O–H groups in total. The Hall–Kier alpha value is -1.42. The highest BCUT2D eigenvalue weighted by Crippen LogP contribution is 2.26. The minimum Gasteiger partial charge on any atom is -0.338 e. The van der Waals surface area contributed by atoms with Crippen LogP contribution in [0.4, 0.5) is 0 Å². The molecule has 4 nitrogen and oxygen atoms in total. The van der Waals surface area contributed by atoms with Gasteiger partial charge < -0.3 is 10.2 Å². The van der Waals surface area contributed by atoms with Crippen LogP contribution in [0.2, 0.25) is 0 Å². The van der Waals surface area contributed by atoms with E-state index in [1.165, 1.54) is 11.3 Å². The highest BCUT2D eigenvalue weighted by molar-refractivity contribution is 5.79. The maximum absolute atomic E-state index is 12.7. The van der Waals surface area contributed by atoms with Gasteiger partial charge in [-0.2, -0.15) is 0 Å². The molecule has 0 unspecified atom stereocenters. The number of nitrogens with zero attached hydrogens (tertiary/aromatic N) is 2. The fourth-order valence-corrected chi connectivity index (χ4v) is 3.35. The third-order valence-electron chi connectivity index (χ3n) is 4.82. The molecular formula is C18H27N3O. The number of carbonyl (C=O) groups is 1. The summed E-state index contributed by atoms with van der Waals surface area (Å²) < 4.78 is 0. The van der Waals surface area contributed by atoms with Crippen molar-refractivity contribution in [2.24, 2.45) is 5.92 Å². The van der Waals surface area contributed by atoms with Gasteiger partial charge in [-0.15, -0.1) is 0 Å². The van der Waals surface area contributed by atoms with E-state index in [4.69, 9.17) is 4.98 Å². The number of hydrogen-bond donors (Lipinski definition) is 1. The number of nitrogens with one attached hydrogen (secondary N) is 1. The predicted molar refractivity (Wildman–Crippen MR) is 87.7 cm³/mol. The first kappa shape index (κ1) is 15.5. The van der Waals surface area contributed by atoms with Crippen LogP contribution in [-0.2, 0) is 23.2 Å². The number of amides is 1. The van der Waals surface area contributed by atoms with Gasteiger partial charge in [0.25, 0.3) is 0 Å². The van der Waals surface area contributed by atoms with Gasteiger partial charge in [-0.3, -0.25) is 9.78 Å². The molecule has 0 bridgehead atoms. The van der Waals surface area contributed by atoms with Gasteiger partial charge in [0.15, 0.2) is 0 Å². The van der Waals surface area contributed by atoms with E-state index in [-0.39, 0.29) is 11.3 Å². The summed E-state index contributed by atoms with van der Waals surface area (Å²) in [6, 6.07) is 4.29. The molecule has 4 heteroatoms. The standard InChI is InChI=1S/C18H27N3O/c1-18(2,3)16-5-4-14-12-21(11-8-15(14)20-16)17(22)13-6-9-19-10-7-13/h4-5,13,19H,6-12H2,1-3H3. The molecule has 1 aromatic heterocycles. The van der Waals surface area contributed by atoms with Crippen molar-refractivity contribution in [3.05, 3.63) is 29.1 Å². The van der Waals surface area contributed by atoms with Gasteiger partial charge in [0.2, 0.25) is 5.91 Å². The lowest BCUT2D eigenvalue weighted by atomic mass is 9.90. The second-order valence-electron chi connectivity index (χ2n) is 7.59. The summed E-state index contributed by atoms with van der Waals surface area (Å²) in [5, 5.41) is 3.33. The third-order valence-corrected chi connectivity index (χ3v) is 4.82. The lowest BCUT2D eigenvalue weighted by Gasteiger charge is -2.33.